The molecule has 0 N–H and O–H groups in total. The molecule has 4 aliphatic carbocycles. The molecule has 0 aromatic rings. The van der Waals surface area contributed by atoms with Crippen molar-refractivity contribution in [3.05, 3.63) is 0 Å². The van der Waals surface area contributed by atoms with Crippen LogP contribution < -0.4 is 0 Å². The smallest absolute Gasteiger partial charge is 0.302 e. The Balaban J connectivity index is 1.48. The lowest BCUT2D eigenvalue weighted by Crippen LogP contribution is -2.59. The summed E-state index contributed by atoms with van der Waals surface area (Å²) in [5.74, 6) is 1.37. The first-order valence-corrected chi connectivity index (χ1v) is 10.5. The van der Waals surface area contributed by atoms with Gasteiger partial charge in [0.05, 0.1) is 18.8 Å². The van der Waals surface area contributed by atoms with Gasteiger partial charge in [0.15, 0.2) is 0 Å². The maximum atomic E-state index is 11.4. The molecule has 0 aromatic heterocycles. The van der Waals surface area contributed by atoms with Crippen LogP contribution in [0.15, 0.2) is 0 Å². The van der Waals surface area contributed by atoms with Crippen molar-refractivity contribution in [2.75, 3.05) is 6.61 Å². The third-order valence-electron chi connectivity index (χ3n) is 9.58. The molecule has 0 radical (unpaired) electrons. The van der Waals surface area contributed by atoms with Crippen molar-refractivity contribution in [2.24, 2.45) is 33.5 Å². The molecule has 0 aromatic carbocycles. The van der Waals surface area contributed by atoms with Crippen LogP contribution in [0.4, 0.5) is 0 Å². The molecule has 3 heteroatoms. The van der Waals surface area contributed by atoms with E-state index in [9.17, 15) is 4.79 Å². The minimum Gasteiger partial charge on any atom is -0.465 e. The molecule has 0 amide bonds. The minimum absolute atomic E-state index is 0.126. The number of carbonyl (C=O) groups is 1. The van der Waals surface area contributed by atoms with E-state index in [-0.39, 0.29) is 11.4 Å². The molecule has 140 valence electrons. The van der Waals surface area contributed by atoms with Gasteiger partial charge < -0.3 is 9.47 Å². The molecule has 1 heterocycles. The average molecular weight is 347 g/mol. The Morgan fingerprint density at radius 3 is 2.56 bits per heavy atom. The first kappa shape index (κ1) is 16.6. The number of epoxide rings is 1. The second-order valence-corrected chi connectivity index (χ2v) is 11.0. The largest absolute Gasteiger partial charge is 0.465 e. The predicted octanol–water partition coefficient (Wildman–Crippen LogP) is 4.73. The molecule has 4 saturated carbocycles. The number of hydrogen-bond acceptors (Lipinski definition) is 3. The van der Waals surface area contributed by atoms with Crippen molar-refractivity contribution in [1.82, 2.24) is 0 Å². The minimum atomic E-state index is -0.126. The van der Waals surface area contributed by atoms with E-state index in [2.05, 4.69) is 20.8 Å². The van der Waals surface area contributed by atoms with Crippen LogP contribution in [0.3, 0.4) is 0 Å². The number of fused-ring (bicyclic) bond motifs is 5. The number of hydrogen-bond donors (Lipinski definition) is 0. The van der Waals surface area contributed by atoms with Crippen LogP contribution in [0.2, 0.25) is 0 Å². The van der Waals surface area contributed by atoms with Crippen molar-refractivity contribution in [3.8, 4) is 0 Å². The van der Waals surface area contributed by atoms with Crippen LogP contribution in [-0.4, -0.2) is 24.8 Å². The number of rotatable bonds is 2. The summed E-state index contributed by atoms with van der Waals surface area (Å²) in [7, 11) is 0. The molecule has 5 fully saturated rings. The van der Waals surface area contributed by atoms with E-state index in [1.165, 1.54) is 51.4 Å². The molecular weight excluding hydrogens is 312 g/mol. The van der Waals surface area contributed by atoms with Gasteiger partial charge in [0.25, 0.3) is 0 Å². The third kappa shape index (κ3) is 2.00. The Kier molecular flexibility index (Phi) is 3.20. The van der Waals surface area contributed by atoms with E-state index in [0.717, 1.165) is 5.92 Å². The summed E-state index contributed by atoms with van der Waals surface area (Å²) >= 11 is 0. The highest BCUT2D eigenvalue weighted by Gasteiger charge is 2.77. The molecule has 0 unspecified atom stereocenters. The molecule has 2 bridgehead atoms. The Labute approximate surface area is 152 Å². The first-order valence-electron chi connectivity index (χ1n) is 10.5. The van der Waals surface area contributed by atoms with Crippen LogP contribution in [0.5, 0.6) is 0 Å². The summed E-state index contributed by atoms with van der Waals surface area (Å²) in [6.07, 6.45) is 11.8. The molecule has 8 atom stereocenters. The second-order valence-electron chi connectivity index (χ2n) is 11.0. The highest BCUT2D eigenvalue weighted by atomic mass is 16.6. The van der Waals surface area contributed by atoms with Crippen LogP contribution >= 0.6 is 0 Å². The zero-order valence-corrected chi connectivity index (χ0v) is 16.4. The van der Waals surface area contributed by atoms with Crippen molar-refractivity contribution in [2.45, 2.75) is 91.3 Å². The summed E-state index contributed by atoms with van der Waals surface area (Å²) in [6, 6.07) is 0. The molecule has 1 spiro atoms. The van der Waals surface area contributed by atoms with Crippen molar-refractivity contribution in [3.63, 3.8) is 0 Å². The predicted molar refractivity (Wildman–Crippen MR) is 96.0 cm³/mol. The van der Waals surface area contributed by atoms with E-state index < -0.39 is 0 Å². The molecular formula is C22H34O3. The summed E-state index contributed by atoms with van der Waals surface area (Å²) in [5, 5.41) is 0. The summed E-state index contributed by atoms with van der Waals surface area (Å²) < 4.78 is 11.8. The zero-order chi connectivity index (χ0) is 17.7. The van der Waals surface area contributed by atoms with Gasteiger partial charge in [0.1, 0.15) is 0 Å². The number of esters is 1. The fourth-order valence-corrected chi connectivity index (χ4v) is 8.70. The van der Waals surface area contributed by atoms with E-state index in [1.807, 2.05) is 0 Å². The standard InChI is InChI=1S/C22H34O3/c1-14(23)24-13-20(3)8-5-9-21(4)15(20)7-11-22-12-19(2,10-6-16(21)22)17-18(22)25-17/h15-18H,5-13H2,1-4H3/t15-,16+,17+,18-,19+,20-,21-,22+/m1/s1. The highest BCUT2D eigenvalue weighted by molar-refractivity contribution is 5.65. The Hall–Kier alpha value is -0.570. The summed E-state index contributed by atoms with van der Waals surface area (Å²) in [4.78, 5) is 11.4. The fraction of sp³-hybridized carbons (Fsp3) is 0.955. The lowest BCUT2D eigenvalue weighted by molar-refractivity contribution is -0.187. The third-order valence-corrected chi connectivity index (χ3v) is 9.58. The van der Waals surface area contributed by atoms with Crippen molar-refractivity contribution < 1.29 is 14.3 Å². The lowest BCUT2D eigenvalue weighted by Gasteiger charge is -2.65. The molecule has 1 saturated heterocycles. The van der Waals surface area contributed by atoms with Crippen LogP contribution in [-0.2, 0) is 14.3 Å². The summed E-state index contributed by atoms with van der Waals surface area (Å²) in [5.41, 5.74) is 1.47. The number of carbonyl (C=O) groups excluding carboxylic acids is 1. The number of ether oxygens (including phenoxy) is 2. The fourth-order valence-electron chi connectivity index (χ4n) is 8.70. The molecule has 5 rings (SSSR count). The van der Waals surface area contributed by atoms with Gasteiger partial charge in [-0.3, -0.25) is 4.79 Å². The van der Waals surface area contributed by atoms with Gasteiger partial charge in [-0.1, -0.05) is 27.2 Å². The van der Waals surface area contributed by atoms with Gasteiger partial charge >= 0.3 is 5.97 Å². The Morgan fingerprint density at radius 2 is 1.80 bits per heavy atom. The van der Waals surface area contributed by atoms with Gasteiger partial charge in [0, 0.05) is 17.8 Å². The van der Waals surface area contributed by atoms with Gasteiger partial charge in [0.2, 0.25) is 0 Å². The SMILES string of the molecule is CC(=O)OC[C@@]1(C)CCC[C@]2(C)[C@@H]1CC[C@]13C[C@](C)(CC[C@@H]21)[C@H]1O[C@H]13. The zero-order valence-electron chi connectivity index (χ0n) is 16.4. The molecule has 25 heavy (non-hydrogen) atoms. The van der Waals surface area contributed by atoms with Gasteiger partial charge in [-0.15, -0.1) is 0 Å². The topological polar surface area (TPSA) is 38.8 Å². The Morgan fingerprint density at radius 1 is 1.04 bits per heavy atom. The average Bonchev–Trinajstić information content (AvgIpc) is 3.31. The highest BCUT2D eigenvalue weighted by Crippen LogP contribution is 2.77. The van der Waals surface area contributed by atoms with Gasteiger partial charge in [-0.2, -0.15) is 0 Å². The molecule has 3 nitrogen and oxygen atoms in total. The molecule has 1 aliphatic heterocycles. The van der Waals surface area contributed by atoms with Gasteiger partial charge in [-0.05, 0) is 67.6 Å². The van der Waals surface area contributed by atoms with Crippen molar-refractivity contribution in [1.29, 1.82) is 0 Å². The van der Waals surface area contributed by atoms with Crippen LogP contribution in [0, 0.1) is 33.5 Å². The lowest BCUT2D eigenvalue weighted by atomic mass is 9.40. The van der Waals surface area contributed by atoms with E-state index in [0.29, 0.717) is 41.0 Å². The van der Waals surface area contributed by atoms with E-state index >= 15 is 0 Å². The normalized spacial score (nSPS) is 58.7. The van der Waals surface area contributed by atoms with Gasteiger partial charge in [-0.25, -0.2) is 0 Å². The second kappa shape index (κ2) is 4.82. The van der Waals surface area contributed by atoms with Crippen LogP contribution in [0.1, 0.15) is 79.1 Å². The monoisotopic (exact) mass is 346 g/mol. The maximum absolute atomic E-state index is 11.4. The quantitative estimate of drug-likeness (QED) is 0.536. The van der Waals surface area contributed by atoms with Crippen LogP contribution in [0.25, 0.3) is 0 Å². The van der Waals surface area contributed by atoms with E-state index in [1.54, 1.807) is 6.92 Å². The Bertz CT molecular complexity index is 616. The maximum Gasteiger partial charge on any atom is 0.302 e. The first-order chi connectivity index (χ1) is 11.7. The molecule has 5 aliphatic rings. The van der Waals surface area contributed by atoms with Crippen molar-refractivity contribution >= 4 is 5.97 Å². The van der Waals surface area contributed by atoms with E-state index in [4.69, 9.17) is 9.47 Å². The summed E-state index contributed by atoms with van der Waals surface area (Å²) in [6.45, 7) is 9.64.